The summed E-state index contributed by atoms with van der Waals surface area (Å²) in [6.45, 7) is 1.66. The lowest BCUT2D eigenvalue weighted by Crippen LogP contribution is -2.26. The zero-order chi connectivity index (χ0) is 19.0. The Labute approximate surface area is 155 Å². The fourth-order valence-electron chi connectivity index (χ4n) is 3.35. The van der Waals surface area contributed by atoms with Gasteiger partial charge in [-0.3, -0.25) is 0 Å². The molecule has 0 radical (unpaired) electrons. The molecule has 0 fully saturated rings. The monoisotopic (exact) mass is 356 g/mol. The summed E-state index contributed by atoms with van der Waals surface area (Å²) in [5, 5.41) is 9.60. The first-order chi connectivity index (χ1) is 13.1. The van der Waals surface area contributed by atoms with Crippen molar-refractivity contribution in [2.75, 3.05) is 0 Å². The van der Waals surface area contributed by atoms with Gasteiger partial charge in [0.25, 0.3) is 0 Å². The molecule has 5 nitrogen and oxygen atoms in total. The third-order valence-electron chi connectivity index (χ3n) is 4.61. The fraction of sp³-hybridized carbons (Fsp3) is 0.0909. The molecule has 2 aromatic carbocycles. The zero-order valence-corrected chi connectivity index (χ0v) is 14.6. The van der Waals surface area contributed by atoms with E-state index in [4.69, 9.17) is 14.9 Å². The average molecular weight is 356 g/mol. The molecule has 27 heavy (non-hydrogen) atoms. The standard InChI is InChI=1S/C22H16N2O3/c1-13-11-18-20(22(25)26-13)19(17(12-23)21(24)27-18)16-9-7-15(8-10-16)14-5-3-2-4-6-14/h2-11,19H,24H2,1H3/t19-/m1/s1. The van der Waals surface area contributed by atoms with E-state index in [2.05, 4.69) is 6.07 Å². The number of allylic oxidation sites excluding steroid dienone is 1. The fourth-order valence-corrected chi connectivity index (χ4v) is 3.35. The van der Waals surface area contributed by atoms with Crippen LogP contribution in [-0.2, 0) is 0 Å². The number of nitriles is 1. The maximum atomic E-state index is 12.5. The van der Waals surface area contributed by atoms with Gasteiger partial charge in [-0.05, 0) is 23.6 Å². The van der Waals surface area contributed by atoms with Crippen LogP contribution in [0.3, 0.4) is 0 Å². The molecule has 5 heteroatoms. The van der Waals surface area contributed by atoms with Crippen LogP contribution in [0.2, 0.25) is 0 Å². The number of hydrogen-bond donors (Lipinski definition) is 1. The molecule has 2 heterocycles. The van der Waals surface area contributed by atoms with Crippen molar-refractivity contribution in [1.82, 2.24) is 0 Å². The number of hydrogen-bond acceptors (Lipinski definition) is 5. The Morgan fingerprint density at radius 1 is 1.04 bits per heavy atom. The Hall–Kier alpha value is -3.78. The van der Waals surface area contributed by atoms with Crippen LogP contribution in [0, 0.1) is 18.3 Å². The number of ether oxygens (including phenoxy) is 1. The van der Waals surface area contributed by atoms with Gasteiger partial charge in [-0.15, -0.1) is 0 Å². The normalized spacial score (nSPS) is 15.6. The molecule has 1 aromatic heterocycles. The molecule has 0 saturated heterocycles. The van der Waals surface area contributed by atoms with Gasteiger partial charge >= 0.3 is 5.63 Å². The van der Waals surface area contributed by atoms with Gasteiger partial charge in [-0.2, -0.15) is 5.26 Å². The van der Waals surface area contributed by atoms with Crippen LogP contribution < -0.4 is 16.1 Å². The largest absolute Gasteiger partial charge is 0.440 e. The van der Waals surface area contributed by atoms with Crippen molar-refractivity contribution < 1.29 is 9.15 Å². The van der Waals surface area contributed by atoms with Crippen LogP contribution in [0.15, 0.2) is 81.3 Å². The van der Waals surface area contributed by atoms with E-state index >= 15 is 0 Å². The molecule has 0 unspecified atom stereocenters. The lowest BCUT2D eigenvalue weighted by molar-refractivity contribution is 0.371. The second-order valence-corrected chi connectivity index (χ2v) is 6.34. The molecule has 2 N–H and O–H groups in total. The minimum Gasteiger partial charge on any atom is -0.440 e. The summed E-state index contributed by atoms with van der Waals surface area (Å²) >= 11 is 0. The summed E-state index contributed by atoms with van der Waals surface area (Å²) in [6, 6.07) is 21.4. The van der Waals surface area contributed by atoms with E-state index < -0.39 is 11.5 Å². The van der Waals surface area contributed by atoms with Crippen LogP contribution >= 0.6 is 0 Å². The number of nitrogens with two attached hydrogens (primary N) is 1. The highest BCUT2D eigenvalue weighted by Gasteiger charge is 2.34. The summed E-state index contributed by atoms with van der Waals surface area (Å²) in [7, 11) is 0. The highest BCUT2D eigenvalue weighted by Crippen LogP contribution is 2.40. The summed E-state index contributed by atoms with van der Waals surface area (Å²) in [5.74, 6) is 0.134. The number of benzene rings is 2. The van der Waals surface area contributed by atoms with E-state index in [-0.39, 0.29) is 11.5 Å². The zero-order valence-electron chi connectivity index (χ0n) is 14.6. The summed E-state index contributed by atoms with van der Waals surface area (Å²) in [6.07, 6.45) is 0. The third kappa shape index (κ3) is 2.87. The van der Waals surface area contributed by atoms with E-state index in [9.17, 15) is 10.1 Å². The molecule has 132 valence electrons. The maximum Gasteiger partial charge on any atom is 0.343 e. The van der Waals surface area contributed by atoms with Crippen molar-refractivity contribution in [3.8, 4) is 22.9 Å². The molecule has 0 spiro atoms. The number of nitrogens with zero attached hydrogens (tertiary/aromatic N) is 1. The minimum atomic E-state index is -0.625. The van der Waals surface area contributed by atoms with E-state index in [1.165, 1.54) is 0 Å². The summed E-state index contributed by atoms with van der Waals surface area (Å²) in [5.41, 5.74) is 8.82. The van der Waals surface area contributed by atoms with Crippen LogP contribution in [-0.4, -0.2) is 0 Å². The predicted octanol–water partition coefficient (Wildman–Crippen LogP) is 3.83. The van der Waals surface area contributed by atoms with E-state index in [0.717, 1.165) is 16.7 Å². The van der Waals surface area contributed by atoms with Crippen molar-refractivity contribution in [3.63, 3.8) is 0 Å². The van der Waals surface area contributed by atoms with Crippen molar-refractivity contribution in [1.29, 1.82) is 5.26 Å². The lowest BCUT2D eigenvalue weighted by atomic mass is 9.84. The molecule has 0 aliphatic carbocycles. The van der Waals surface area contributed by atoms with Crippen molar-refractivity contribution >= 4 is 0 Å². The Morgan fingerprint density at radius 3 is 2.37 bits per heavy atom. The van der Waals surface area contributed by atoms with Gasteiger partial charge in [-0.25, -0.2) is 4.79 Å². The first-order valence-electron chi connectivity index (χ1n) is 8.46. The van der Waals surface area contributed by atoms with E-state index in [1.807, 2.05) is 54.6 Å². The Morgan fingerprint density at radius 2 is 1.70 bits per heavy atom. The van der Waals surface area contributed by atoms with Gasteiger partial charge in [0.05, 0.1) is 11.5 Å². The van der Waals surface area contributed by atoms with E-state index in [0.29, 0.717) is 17.1 Å². The molecule has 1 atom stereocenters. The minimum absolute atomic E-state index is 0.00661. The second-order valence-electron chi connectivity index (χ2n) is 6.34. The lowest BCUT2D eigenvalue weighted by Gasteiger charge is -2.25. The van der Waals surface area contributed by atoms with Crippen LogP contribution in [0.1, 0.15) is 22.8 Å². The number of aryl methyl sites for hydroxylation is 1. The third-order valence-corrected chi connectivity index (χ3v) is 4.61. The smallest absolute Gasteiger partial charge is 0.343 e. The number of rotatable bonds is 2. The Balaban J connectivity index is 1.85. The van der Waals surface area contributed by atoms with Gasteiger partial charge in [0.1, 0.15) is 23.2 Å². The maximum absolute atomic E-state index is 12.5. The van der Waals surface area contributed by atoms with Crippen LogP contribution in [0.4, 0.5) is 0 Å². The van der Waals surface area contributed by atoms with Crippen LogP contribution in [0.5, 0.6) is 5.75 Å². The molecule has 0 amide bonds. The van der Waals surface area contributed by atoms with Gasteiger partial charge in [0, 0.05) is 6.07 Å². The topological polar surface area (TPSA) is 89.2 Å². The molecular formula is C22H16N2O3. The van der Waals surface area contributed by atoms with Gasteiger partial charge in [-0.1, -0.05) is 54.6 Å². The molecule has 1 aliphatic heterocycles. The Bertz CT molecular complexity index is 1140. The summed E-state index contributed by atoms with van der Waals surface area (Å²) < 4.78 is 10.8. The molecule has 0 bridgehead atoms. The number of fused-ring (bicyclic) bond motifs is 1. The molecule has 4 rings (SSSR count). The highest BCUT2D eigenvalue weighted by atomic mass is 16.5. The van der Waals surface area contributed by atoms with Crippen molar-refractivity contribution in [3.05, 3.63) is 99.4 Å². The van der Waals surface area contributed by atoms with E-state index in [1.54, 1.807) is 13.0 Å². The first-order valence-corrected chi connectivity index (χ1v) is 8.46. The van der Waals surface area contributed by atoms with Gasteiger partial charge < -0.3 is 14.9 Å². The molecule has 1 aliphatic rings. The summed E-state index contributed by atoms with van der Waals surface area (Å²) in [4.78, 5) is 12.5. The molecule has 3 aromatic rings. The molecular weight excluding hydrogens is 340 g/mol. The highest BCUT2D eigenvalue weighted by molar-refractivity contribution is 5.64. The van der Waals surface area contributed by atoms with Crippen molar-refractivity contribution in [2.45, 2.75) is 12.8 Å². The second kappa shape index (κ2) is 6.50. The predicted molar refractivity (Wildman–Crippen MR) is 101 cm³/mol. The van der Waals surface area contributed by atoms with Crippen LogP contribution in [0.25, 0.3) is 11.1 Å². The quantitative estimate of drug-likeness (QED) is 0.754. The first kappa shape index (κ1) is 16.7. The van der Waals surface area contributed by atoms with Gasteiger partial charge in [0.15, 0.2) is 0 Å². The Kier molecular flexibility index (Phi) is 4.02. The SMILES string of the molecule is Cc1cc2c(c(=O)o1)[C@H](c1ccc(-c3ccccc3)cc1)C(C#N)=C(N)O2. The van der Waals surface area contributed by atoms with Gasteiger partial charge in [0.2, 0.25) is 5.88 Å². The molecule has 0 saturated carbocycles. The average Bonchev–Trinajstić information content (AvgIpc) is 2.67. The van der Waals surface area contributed by atoms with Crippen molar-refractivity contribution in [2.24, 2.45) is 5.73 Å².